The molecular formula is C14H16N2O4. The van der Waals surface area contributed by atoms with E-state index in [0.29, 0.717) is 24.4 Å². The average Bonchev–Trinajstić information content (AvgIpc) is 2.46. The van der Waals surface area contributed by atoms with Crippen LogP contribution in [0.4, 0.5) is 5.82 Å². The molecule has 0 radical (unpaired) electrons. The fraction of sp³-hybridized carbons (Fsp3) is 0.357. The topological polar surface area (TPSA) is 88.5 Å². The number of ether oxygens (including phenoxy) is 1. The molecule has 1 amide bonds. The summed E-state index contributed by atoms with van der Waals surface area (Å²) in [5.74, 6) is -0.851. The number of carbonyl (C=O) groups is 2. The number of hydrogen-bond donors (Lipinski definition) is 2. The van der Waals surface area contributed by atoms with Crippen molar-refractivity contribution in [3.63, 3.8) is 0 Å². The largest absolute Gasteiger partial charge is 0.478 e. The Hall–Kier alpha value is -2.21. The average molecular weight is 276 g/mol. The Balaban J connectivity index is 2.00. The molecular weight excluding hydrogens is 260 g/mol. The van der Waals surface area contributed by atoms with E-state index in [1.54, 1.807) is 12.1 Å². The number of aliphatic carboxylic acids is 1. The van der Waals surface area contributed by atoms with Crippen molar-refractivity contribution in [2.45, 2.75) is 25.4 Å². The number of anilines is 1. The SMILES string of the molecule is O=C(O)/C=C/c1ccnc(NC(=O)C2CCCCO2)c1. The summed E-state index contributed by atoms with van der Waals surface area (Å²) in [6, 6.07) is 3.27. The summed E-state index contributed by atoms with van der Waals surface area (Å²) in [4.78, 5) is 26.4. The summed E-state index contributed by atoms with van der Waals surface area (Å²) in [5.41, 5.74) is 0.655. The summed E-state index contributed by atoms with van der Waals surface area (Å²) in [6.07, 6.45) is 6.24. The van der Waals surface area contributed by atoms with Crippen molar-refractivity contribution in [1.29, 1.82) is 0 Å². The van der Waals surface area contributed by atoms with Gasteiger partial charge < -0.3 is 15.2 Å². The van der Waals surface area contributed by atoms with Crippen LogP contribution in [-0.2, 0) is 14.3 Å². The van der Waals surface area contributed by atoms with Crippen molar-refractivity contribution in [1.82, 2.24) is 4.98 Å². The molecule has 0 bridgehead atoms. The molecule has 20 heavy (non-hydrogen) atoms. The smallest absolute Gasteiger partial charge is 0.328 e. The van der Waals surface area contributed by atoms with Gasteiger partial charge in [0.1, 0.15) is 11.9 Å². The number of carboxylic acids is 1. The minimum absolute atomic E-state index is 0.212. The van der Waals surface area contributed by atoms with Crippen LogP contribution in [0.25, 0.3) is 6.08 Å². The third-order valence-electron chi connectivity index (χ3n) is 2.93. The van der Waals surface area contributed by atoms with Crippen LogP contribution in [0.3, 0.4) is 0 Å². The zero-order valence-electron chi connectivity index (χ0n) is 10.9. The van der Waals surface area contributed by atoms with Gasteiger partial charge in [-0.15, -0.1) is 0 Å². The van der Waals surface area contributed by atoms with E-state index in [1.807, 2.05) is 0 Å². The molecule has 2 rings (SSSR count). The van der Waals surface area contributed by atoms with Crippen LogP contribution >= 0.6 is 0 Å². The number of hydrogen-bond acceptors (Lipinski definition) is 4. The zero-order valence-corrected chi connectivity index (χ0v) is 10.9. The highest BCUT2D eigenvalue weighted by Crippen LogP contribution is 2.15. The van der Waals surface area contributed by atoms with E-state index in [4.69, 9.17) is 9.84 Å². The van der Waals surface area contributed by atoms with Crippen molar-refractivity contribution in [2.24, 2.45) is 0 Å². The van der Waals surface area contributed by atoms with E-state index in [-0.39, 0.29) is 5.91 Å². The first-order valence-electron chi connectivity index (χ1n) is 6.45. The van der Waals surface area contributed by atoms with E-state index >= 15 is 0 Å². The van der Waals surface area contributed by atoms with Gasteiger partial charge in [0.05, 0.1) is 0 Å². The molecule has 6 nitrogen and oxygen atoms in total. The third-order valence-corrected chi connectivity index (χ3v) is 2.93. The van der Waals surface area contributed by atoms with Gasteiger partial charge >= 0.3 is 5.97 Å². The van der Waals surface area contributed by atoms with E-state index < -0.39 is 12.1 Å². The number of carboxylic acid groups (broad SMARTS) is 1. The number of aromatic nitrogens is 1. The second kappa shape index (κ2) is 6.81. The Morgan fingerprint density at radius 1 is 1.45 bits per heavy atom. The minimum Gasteiger partial charge on any atom is -0.478 e. The lowest BCUT2D eigenvalue weighted by Gasteiger charge is -2.21. The maximum Gasteiger partial charge on any atom is 0.328 e. The highest BCUT2D eigenvalue weighted by molar-refractivity contribution is 5.93. The molecule has 1 aromatic rings. The molecule has 2 N–H and O–H groups in total. The van der Waals surface area contributed by atoms with Gasteiger partial charge in [-0.1, -0.05) is 0 Å². The Kier molecular flexibility index (Phi) is 4.84. The lowest BCUT2D eigenvalue weighted by molar-refractivity contribution is -0.131. The molecule has 0 saturated carbocycles. The lowest BCUT2D eigenvalue weighted by Crippen LogP contribution is -2.33. The maximum atomic E-state index is 12.0. The summed E-state index contributed by atoms with van der Waals surface area (Å²) >= 11 is 0. The first-order valence-corrected chi connectivity index (χ1v) is 6.45. The van der Waals surface area contributed by atoms with E-state index in [0.717, 1.165) is 18.9 Å². The van der Waals surface area contributed by atoms with Crippen molar-refractivity contribution >= 4 is 23.8 Å². The predicted molar refractivity (Wildman–Crippen MR) is 73.1 cm³/mol. The van der Waals surface area contributed by atoms with Crippen molar-refractivity contribution in [3.05, 3.63) is 30.0 Å². The molecule has 106 valence electrons. The molecule has 1 unspecified atom stereocenters. The van der Waals surface area contributed by atoms with Crippen molar-refractivity contribution in [2.75, 3.05) is 11.9 Å². The van der Waals surface area contributed by atoms with Crippen LogP contribution in [-0.4, -0.2) is 34.7 Å². The summed E-state index contributed by atoms with van der Waals surface area (Å²) < 4.78 is 5.39. The van der Waals surface area contributed by atoms with Crippen LogP contribution in [0.2, 0.25) is 0 Å². The van der Waals surface area contributed by atoms with Crippen molar-refractivity contribution < 1.29 is 19.4 Å². The Bertz CT molecular complexity index is 522. The Morgan fingerprint density at radius 2 is 2.30 bits per heavy atom. The quantitative estimate of drug-likeness (QED) is 0.817. The normalized spacial score (nSPS) is 18.9. The molecule has 1 saturated heterocycles. The first kappa shape index (κ1) is 14.2. The molecule has 6 heteroatoms. The number of pyridine rings is 1. The van der Waals surface area contributed by atoms with Gasteiger partial charge in [0.2, 0.25) is 0 Å². The molecule has 1 atom stereocenters. The van der Waals surface area contributed by atoms with Gasteiger partial charge in [-0.05, 0) is 43.0 Å². The molecule has 0 aliphatic carbocycles. The zero-order chi connectivity index (χ0) is 14.4. The highest BCUT2D eigenvalue weighted by atomic mass is 16.5. The van der Waals surface area contributed by atoms with Crippen LogP contribution < -0.4 is 5.32 Å². The molecule has 1 aliphatic heterocycles. The van der Waals surface area contributed by atoms with E-state index in [1.165, 1.54) is 12.3 Å². The second-order valence-electron chi connectivity index (χ2n) is 4.49. The Morgan fingerprint density at radius 3 is 3.00 bits per heavy atom. The van der Waals surface area contributed by atoms with Crippen LogP contribution in [0.15, 0.2) is 24.4 Å². The minimum atomic E-state index is -1.02. The summed E-state index contributed by atoms with van der Waals surface area (Å²) in [5, 5.41) is 11.3. The predicted octanol–water partition coefficient (Wildman–Crippen LogP) is 1.69. The van der Waals surface area contributed by atoms with Gasteiger partial charge in [-0.25, -0.2) is 9.78 Å². The molecule has 0 spiro atoms. The van der Waals surface area contributed by atoms with Crippen LogP contribution in [0.1, 0.15) is 24.8 Å². The molecule has 0 aromatic carbocycles. The van der Waals surface area contributed by atoms with E-state index in [2.05, 4.69) is 10.3 Å². The molecule has 2 heterocycles. The standard InChI is InChI=1S/C14H16N2O4/c17-13(18)5-4-10-6-7-15-12(9-10)16-14(19)11-3-1-2-8-20-11/h4-7,9,11H,1-3,8H2,(H,17,18)(H,15,16,19)/b5-4+. The summed E-state index contributed by atoms with van der Waals surface area (Å²) in [6.45, 7) is 0.604. The number of carbonyl (C=O) groups excluding carboxylic acids is 1. The van der Waals surface area contributed by atoms with Crippen molar-refractivity contribution in [3.8, 4) is 0 Å². The molecule has 1 fully saturated rings. The maximum absolute atomic E-state index is 12.0. The highest BCUT2D eigenvalue weighted by Gasteiger charge is 2.22. The van der Waals surface area contributed by atoms with Gasteiger partial charge in [0.15, 0.2) is 0 Å². The van der Waals surface area contributed by atoms with Gasteiger partial charge in [0, 0.05) is 18.9 Å². The lowest BCUT2D eigenvalue weighted by atomic mass is 10.1. The number of nitrogens with one attached hydrogen (secondary N) is 1. The number of amides is 1. The number of nitrogens with zero attached hydrogens (tertiary/aromatic N) is 1. The Labute approximate surface area is 116 Å². The second-order valence-corrected chi connectivity index (χ2v) is 4.49. The third kappa shape index (κ3) is 4.17. The first-order chi connectivity index (χ1) is 9.65. The fourth-order valence-corrected chi connectivity index (χ4v) is 1.94. The monoisotopic (exact) mass is 276 g/mol. The van der Waals surface area contributed by atoms with E-state index in [9.17, 15) is 9.59 Å². The number of rotatable bonds is 4. The molecule has 1 aromatic heterocycles. The van der Waals surface area contributed by atoms with Crippen LogP contribution in [0.5, 0.6) is 0 Å². The molecule has 1 aliphatic rings. The van der Waals surface area contributed by atoms with Crippen LogP contribution in [0, 0.1) is 0 Å². The van der Waals surface area contributed by atoms with Gasteiger partial charge in [-0.3, -0.25) is 4.79 Å². The summed E-state index contributed by atoms with van der Waals surface area (Å²) in [7, 11) is 0. The fourth-order valence-electron chi connectivity index (χ4n) is 1.94. The van der Waals surface area contributed by atoms with Gasteiger partial charge in [-0.2, -0.15) is 0 Å². The van der Waals surface area contributed by atoms with Gasteiger partial charge in [0.25, 0.3) is 5.91 Å².